The minimum atomic E-state index is 0.469. The van der Waals surface area contributed by atoms with Crippen molar-refractivity contribution in [3.05, 3.63) is 11.7 Å². The Balaban J connectivity index is 1.58. The van der Waals surface area contributed by atoms with E-state index in [1.807, 2.05) is 0 Å². The summed E-state index contributed by atoms with van der Waals surface area (Å²) < 4.78 is 5.47. The van der Waals surface area contributed by atoms with Gasteiger partial charge in [-0.05, 0) is 58.3 Å². The van der Waals surface area contributed by atoms with Crippen molar-refractivity contribution in [1.82, 2.24) is 20.4 Å². The van der Waals surface area contributed by atoms with Crippen molar-refractivity contribution in [2.45, 2.75) is 38.0 Å². The fraction of sp³-hybridized carbons (Fsp3) is 0.857. The maximum Gasteiger partial charge on any atom is 0.229 e. The van der Waals surface area contributed by atoms with Gasteiger partial charge in [-0.3, -0.25) is 0 Å². The second-order valence-electron chi connectivity index (χ2n) is 6.05. The molecule has 5 heteroatoms. The predicted octanol–water partition coefficient (Wildman–Crippen LogP) is 1.42. The van der Waals surface area contributed by atoms with E-state index in [2.05, 4.69) is 27.4 Å². The molecular formula is C14H24N4O. The van der Waals surface area contributed by atoms with Gasteiger partial charge in [-0.2, -0.15) is 4.98 Å². The summed E-state index contributed by atoms with van der Waals surface area (Å²) in [5.41, 5.74) is 0. The number of hydrogen-bond acceptors (Lipinski definition) is 5. The van der Waals surface area contributed by atoms with Crippen molar-refractivity contribution in [3.8, 4) is 0 Å². The van der Waals surface area contributed by atoms with Crippen LogP contribution in [-0.4, -0.2) is 48.3 Å². The molecule has 0 radical (unpaired) electrons. The molecule has 5 nitrogen and oxygen atoms in total. The summed E-state index contributed by atoms with van der Waals surface area (Å²) in [5.74, 6) is 2.93. The van der Waals surface area contributed by atoms with Crippen LogP contribution in [0.2, 0.25) is 0 Å². The van der Waals surface area contributed by atoms with Crippen LogP contribution in [0.25, 0.3) is 0 Å². The third kappa shape index (κ3) is 3.34. The summed E-state index contributed by atoms with van der Waals surface area (Å²) in [5, 5.41) is 7.55. The number of nitrogens with zero attached hydrogens (tertiary/aromatic N) is 3. The molecular weight excluding hydrogens is 240 g/mol. The Bertz CT molecular complexity index is 400. The number of rotatable bonds is 3. The molecule has 1 N–H and O–H groups in total. The van der Waals surface area contributed by atoms with Gasteiger partial charge < -0.3 is 14.7 Å². The molecule has 2 saturated heterocycles. The average Bonchev–Trinajstić information content (AvgIpc) is 2.88. The monoisotopic (exact) mass is 264 g/mol. The number of likely N-dealkylation sites (tertiary alicyclic amines) is 1. The maximum absolute atomic E-state index is 5.47. The van der Waals surface area contributed by atoms with Crippen LogP contribution < -0.4 is 5.32 Å². The summed E-state index contributed by atoms with van der Waals surface area (Å²) in [7, 11) is 2.20. The molecule has 1 aromatic heterocycles. The van der Waals surface area contributed by atoms with E-state index in [9.17, 15) is 0 Å². The molecule has 0 spiro atoms. The van der Waals surface area contributed by atoms with Gasteiger partial charge in [0.2, 0.25) is 5.89 Å². The largest absolute Gasteiger partial charge is 0.339 e. The van der Waals surface area contributed by atoms with Crippen molar-refractivity contribution in [1.29, 1.82) is 0 Å². The Morgan fingerprint density at radius 3 is 2.95 bits per heavy atom. The van der Waals surface area contributed by atoms with E-state index in [1.54, 1.807) is 0 Å². The molecule has 3 heterocycles. The van der Waals surface area contributed by atoms with Crippen LogP contribution in [0.1, 0.15) is 43.3 Å². The Labute approximate surface area is 114 Å². The maximum atomic E-state index is 5.47. The van der Waals surface area contributed by atoms with Crippen LogP contribution in [0.15, 0.2) is 4.52 Å². The highest BCUT2D eigenvalue weighted by Crippen LogP contribution is 2.25. The molecule has 3 rings (SSSR count). The Morgan fingerprint density at radius 2 is 2.16 bits per heavy atom. The number of piperidine rings is 2. The molecule has 1 aromatic rings. The fourth-order valence-corrected chi connectivity index (χ4v) is 3.28. The Hall–Kier alpha value is -0.940. The quantitative estimate of drug-likeness (QED) is 0.895. The first-order valence-corrected chi connectivity index (χ1v) is 7.53. The average molecular weight is 264 g/mol. The third-order valence-corrected chi connectivity index (χ3v) is 4.37. The lowest BCUT2D eigenvalue weighted by Crippen LogP contribution is -2.33. The highest BCUT2D eigenvalue weighted by molar-refractivity contribution is 4.97. The summed E-state index contributed by atoms with van der Waals surface area (Å²) in [4.78, 5) is 7.03. The van der Waals surface area contributed by atoms with Crippen LogP contribution in [0.3, 0.4) is 0 Å². The highest BCUT2D eigenvalue weighted by atomic mass is 16.5. The van der Waals surface area contributed by atoms with E-state index >= 15 is 0 Å². The van der Waals surface area contributed by atoms with Crippen LogP contribution in [0.5, 0.6) is 0 Å². The van der Waals surface area contributed by atoms with Crippen molar-refractivity contribution in [2.24, 2.45) is 5.92 Å². The lowest BCUT2D eigenvalue weighted by atomic mass is 9.95. The predicted molar refractivity (Wildman–Crippen MR) is 73.1 cm³/mol. The van der Waals surface area contributed by atoms with Crippen molar-refractivity contribution in [3.63, 3.8) is 0 Å². The molecule has 19 heavy (non-hydrogen) atoms. The van der Waals surface area contributed by atoms with Crippen molar-refractivity contribution >= 4 is 0 Å². The lowest BCUT2D eigenvalue weighted by molar-refractivity contribution is 0.206. The second-order valence-corrected chi connectivity index (χ2v) is 6.05. The second kappa shape index (κ2) is 6.01. The molecule has 0 aliphatic carbocycles. The van der Waals surface area contributed by atoms with Crippen molar-refractivity contribution in [2.75, 3.05) is 33.2 Å². The highest BCUT2D eigenvalue weighted by Gasteiger charge is 2.23. The summed E-state index contributed by atoms with van der Waals surface area (Å²) >= 11 is 0. The molecule has 1 unspecified atom stereocenters. The van der Waals surface area contributed by atoms with Crippen LogP contribution >= 0.6 is 0 Å². The lowest BCUT2D eigenvalue weighted by Gasteiger charge is -2.28. The summed E-state index contributed by atoms with van der Waals surface area (Å²) in [6.07, 6.45) is 5.79. The van der Waals surface area contributed by atoms with Gasteiger partial charge in [0.25, 0.3) is 0 Å². The van der Waals surface area contributed by atoms with Crippen LogP contribution in [-0.2, 0) is 6.42 Å². The molecule has 106 valence electrons. The van der Waals surface area contributed by atoms with E-state index in [0.29, 0.717) is 11.8 Å². The molecule has 0 bridgehead atoms. The van der Waals surface area contributed by atoms with E-state index < -0.39 is 0 Å². The normalized spacial score (nSPS) is 26.7. The number of nitrogens with one attached hydrogen (secondary N) is 1. The standard InChI is InChI=1S/C14H24N4O/c1-18-8-2-3-11(10-18)9-13-16-14(19-17-13)12-4-6-15-7-5-12/h11-12,15H,2-10H2,1H3. The van der Waals surface area contributed by atoms with Gasteiger partial charge in [0, 0.05) is 18.9 Å². The van der Waals surface area contributed by atoms with E-state index in [-0.39, 0.29) is 0 Å². The van der Waals surface area contributed by atoms with Crippen molar-refractivity contribution < 1.29 is 4.52 Å². The van der Waals surface area contributed by atoms with Gasteiger partial charge >= 0.3 is 0 Å². The topological polar surface area (TPSA) is 54.2 Å². The van der Waals surface area contributed by atoms with Gasteiger partial charge in [0.15, 0.2) is 5.82 Å². The zero-order chi connectivity index (χ0) is 13.1. The first-order valence-electron chi connectivity index (χ1n) is 7.53. The molecule has 2 fully saturated rings. The molecule has 2 aliphatic heterocycles. The smallest absolute Gasteiger partial charge is 0.229 e. The van der Waals surface area contributed by atoms with Gasteiger partial charge in [-0.25, -0.2) is 0 Å². The summed E-state index contributed by atoms with van der Waals surface area (Å²) in [6.45, 7) is 4.52. The molecule has 0 aromatic carbocycles. The zero-order valence-electron chi connectivity index (χ0n) is 11.8. The van der Waals surface area contributed by atoms with Gasteiger partial charge in [0.05, 0.1) is 0 Å². The Kier molecular flexibility index (Phi) is 4.13. The molecule has 1 atom stereocenters. The van der Waals surface area contributed by atoms with Gasteiger partial charge in [-0.1, -0.05) is 5.16 Å². The van der Waals surface area contributed by atoms with Gasteiger partial charge in [-0.15, -0.1) is 0 Å². The van der Waals surface area contributed by atoms with E-state index in [1.165, 1.54) is 19.4 Å². The molecule has 2 aliphatic rings. The van der Waals surface area contributed by atoms with Crippen LogP contribution in [0, 0.1) is 5.92 Å². The number of hydrogen-bond donors (Lipinski definition) is 1. The van der Waals surface area contributed by atoms with Gasteiger partial charge in [0.1, 0.15) is 0 Å². The first-order chi connectivity index (χ1) is 9.31. The SMILES string of the molecule is CN1CCCC(Cc2noc(C3CCNCC3)n2)C1. The van der Waals surface area contributed by atoms with Crippen LogP contribution in [0.4, 0.5) is 0 Å². The molecule has 0 saturated carbocycles. The minimum Gasteiger partial charge on any atom is -0.339 e. The molecule has 0 amide bonds. The third-order valence-electron chi connectivity index (χ3n) is 4.37. The first kappa shape index (κ1) is 13.1. The fourth-order valence-electron chi connectivity index (χ4n) is 3.28. The number of aromatic nitrogens is 2. The minimum absolute atomic E-state index is 0.469. The Morgan fingerprint density at radius 1 is 1.32 bits per heavy atom. The zero-order valence-corrected chi connectivity index (χ0v) is 11.8. The summed E-state index contributed by atoms with van der Waals surface area (Å²) in [6, 6.07) is 0. The van der Waals surface area contributed by atoms with E-state index in [4.69, 9.17) is 4.52 Å². The van der Waals surface area contributed by atoms with E-state index in [0.717, 1.165) is 50.6 Å².